The molecule has 0 aromatic heterocycles. The second-order valence-electron chi connectivity index (χ2n) is 6.88. The number of benzene rings is 2. The monoisotopic (exact) mass is 411 g/mol. The largest absolute Gasteiger partial charge is 0.348 e. The molecular formula is C23H29N3O2S. The molecule has 0 saturated carbocycles. The summed E-state index contributed by atoms with van der Waals surface area (Å²) >= 11 is 5.25. The maximum Gasteiger partial charge on any atom is 0.253 e. The Balaban J connectivity index is 1.85. The predicted molar refractivity (Wildman–Crippen MR) is 122 cm³/mol. The van der Waals surface area contributed by atoms with Crippen LogP contribution >= 0.6 is 12.2 Å². The Bertz CT molecular complexity index is 809. The van der Waals surface area contributed by atoms with Crippen molar-refractivity contribution >= 4 is 34.8 Å². The molecule has 0 aliphatic carbocycles. The minimum atomic E-state index is -0.206. The van der Waals surface area contributed by atoms with Gasteiger partial charge < -0.3 is 16.0 Å². The van der Waals surface area contributed by atoms with Crippen LogP contribution < -0.4 is 16.0 Å². The smallest absolute Gasteiger partial charge is 0.253 e. The van der Waals surface area contributed by atoms with Crippen LogP contribution in [0.2, 0.25) is 0 Å². The Morgan fingerprint density at radius 1 is 0.897 bits per heavy atom. The van der Waals surface area contributed by atoms with E-state index in [1.54, 1.807) is 18.2 Å². The van der Waals surface area contributed by atoms with Crippen molar-refractivity contribution in [1.29, 1.82) is 0 Å². The van der Waals surface area contributed by atoms with Crippen molar-refractivity contribution in [1.82, 2.24) is 10.6 Å². The molecule has 3 N–H and O–H groups in total. The first-order valence-corrected chi connectivity index (χ1v) is 10.5. The Labute approximate surface area is 178 Å². The summed E-state index contributed by atoms with van der Waals surface area (Å²) in [7, 11) is 0. The standard InChI is InChI=1S/C23H29N3O2S/c1-2-3-4-5-9-16-21(27)26-23(29)25-20-15-11-10-14-19(20)22(28)24-17-18-12-7-6-8-13-18/h6-8,10-15H,2-5,9,16-17H2,1H3,(H,24,28)(H2,25,26,27,29). The highest BCUT2D eigenvalue weighted by Gasteiger charge is 2.12. The summed E-state index contributed by atoms with van der Waals surface area (Å²) in [5, 5.41) is 8.77. The van der Waals surface area contributed by atoms with Gasteiger partial charge in [0.25, 0.3) is 5.91 Å². The summed E-state index contributed by atoms with van der Waals surface area (Å²) in [4.78, 5) is 24.6. The van der Waals surface area contributed by atoms with Gasteiger partial charge in [0.05, 0.1) is 11.3 Å². The van der Waals surface area contributed by atoms with E-state index in [1.807, 2.05) is 36.4 Å². The summed E-state index contributed by atoms with van der Waals surface area (Å²) in [5.74, 6) is -0.313. The van der Waals surface area contributed by atoms with Gasteiger partial charge in [-0.25, -0.2) is 0 Å². The van der Waals surface area contributed by atoms with Gasteiger partial charge in [-0.15, -0.1) is 0 Å². The predicted octanol–water partition coefficient (Wildman–Crippen LogP) is 4.79. The molecule has 2 rings (SSSR count). The average Bonchev–Trinajstić information content (AvgIpc) is 2.73. The molecule has 2 aromatic rings. The summed E-state index contributed by atoms with van der Waals surface area (Å²) < 4.78 is 0. The van der Waals surface area contributed by atoms with Crippen LogP contribution in [-0.4, -0.2) is 16.9 Å². The summed E-state index contributed by atoms with van der Waals surface area (Å²) in [6, 6.07) is 16.8. The fraction of sp³-hybridized carbons (Fsp3) is 0.348. The van der Waals surface area contributed by atoms with Gasteiger partial charge in [-0.1, -0.05) is 75.1 Å². The van der Waals surface area contributed by atoms with Gasteiger partial charge in [0, 0.05) is 13.0 Å². The van der Waals surface area contributed by atoms with Gasteiger partial charge in [0.2, 0.25) is 5.91 Å². The lowest BCUT2D eigenvalue weighted by Crippen LogP contribution is -2.34. The fourth-order valence-electron chi connectivity index (χ4n) is 2.90. The molecule has 0 radical (unpaired) electrons. The zero-order chi connectivity index (χ0) is 20.9. The second kappa shape index (κ2) is 12.7. The molecule has 0 aliphatic rings. The third kappa shape index (κ3) is 8.44. The van der Waals surface area contributed by atoms with Crippen molar-refractivity contribution in [3.63, 3.8) is 0 Å². The maximum atomic E-state index is 12.6. The Hall–Kier alpha value is -2.73. The Morgan fingerprint density at radius 3 is 2.34 bits per heavy atom. The number of amides is 2. The normalized spacial score (nSPS) is 10.2. The maximum absolute atomic E-state index is 12.6. The molecule has 0 spiro atoms. The van der Waals surface area contributed by atoms with Gasteiger partial charge >= 0.3 is 0 Å². The van der Waals surface area contributed by atoms with Crippen LogP contribution in [0.15, 0.2) is 54.6 Å². The van der Waals surface area contributed by atoms with Crippen molar-refractivity contribution in [2.24, 2.45) is 0 Å². The number of hydrogen-bond donors (Lipinski definition) is 3. The first-order valence-electron chi connectivity index (χ1n) is 10.1. The van der Waals surface area contributed by atoms with Crippen LogP contribution in [0, 0.1) is 0 Å². The highest BCUT2D eigenvalue weighted by atomic mass is 32.1. The molecule has 2 amide bonds. The van der Waals surface area contributed by atoms with E-state index in [2.05, 4.69) is 22.9 Å². The number of carbonyl (C=O) groups is 2. The number of unbranched alkanes of at least 4 members (excludes halogenated alkanes) is 4. The quantitative estimate of drug-likeness (QED) is 0.388. The van der Waals surface area contributed by atoms with Crippen LogP contribution in [0.4, 0.5) is 5.69 Å². The van der Waals surface area contributed by atoms with E-state index in [0.29, 0.717) is 24.2 Å². The first kappa shape index (κ1) is 22.6. The number of carbonyl (C=O) groups excluding carboxylic acids is 2. The zero-order valence-electron chi connectivity index (χ0n) is 16.9. The molecule has 154 valence electrons. The first-order chi connectivity index (χ1) is 14.1. The van der Waals surface area contributed by atoms with Gasteiger partial charge in [0.1, 0.15) is 0 Å². The second-order valence-corrected chi connectivity index (χ2v) is 7.29. The Kier molecular flexibility index (Phi) is 9.86. The van der Waals surface area contributed by atoms with Crippen molar-refractivity contribution in [2.45, 2.75) is 52.0 Å². The molecule has 0 aliphatic heterocycles. The van der Waals surface area contributed by atoms with Gasteiger partial charge in [0.15, 0.2) is 5.11 Å². The Morgan fingerprint density at radius 2 is 1.59 bits per heavy atom. The van der Waals surface area contributed by atoms with Crippen molar-refractivity contribution in [3.05, 3.63) is 65.7 Å². The molecular weight excluding hydrogens is 382 g/mol. The molecule has 0 atom stereocenters. The van der Waals surface area contributed by atoms with Gasteiger partial charge in [-0.05, 0) is 36.3 Å². The van der Waals surface area contributed by atoms with Crippen LogP contribution in [0.5, 0.6) is 0 Å². The minimum absolute atomic E-state index is 0.106. The lowest BCUT2D eigenvalue weighted by molar-refractivity contribution is -0.119. The number of nitrogens with one attached hydrogen (secondary N) is 3. The molecule has 0 unspecified atom stereocenters. The van der Waals surface area contributed by atoms with E-state index in [0.717, 1.165) is 24.8 Å². The summed E-state index contributed by atoms with van der Waals surface area (Å²) in [5.41, 5.74) is 2.05. The van der Waals surface area contributed by atoms with Crippen LogP contribution in [0.25, 0.3) is 0 Å². The van der Waals surface area contributed by atoms with E-state index in [9.17, 15) is 9.59 Å². The summed E-state index contributed by atoms with van der Waals surface area (Å²) in [6.07, 6.45) is 5.88. The van der Waals surface area contributed by atoms with Gasteiger partial charge in [-0.2, -0.15) is 0 Å². The van der Waals surface area contributed by atoms with Crippen LogP contribution in [0.1, 0.15) is 61.4 Å². The lowest BCUT2D eigenvalue weighted by Gasteiger charge is -2.13. The highest BCUT2D eigenvalue weighted by Crippen LogP contribution is 2.15. The average molecular weight is 412 g/mol. The topological polar surface area (TPSA) is 70.2 Å². The van der Waals surface area contributed by atoms with Crippen molar-refractivity contribution in [2.75, 3.05) is 5.32 Å². The molecule has 2 aromatic carbocycles. The summed E-state index contributed by atoms with van der Waals surface area (Å²) in [6.45, 7) is 2.60. The molecule has 0 saturated heterocycles. The third-order valence-corrected chi connectivity index (χ3v) is 4.68. The molecule has 0 bridgehead atoms. The number of hydrogen-bond acceptors (Lipinski definition) is 3. The molecule has 6 heteroatoms. The van der Waals surface area contributed by atoms with E-state index in [-0.39, 0.29) is 16.9 Å². The number of rotatable bonds is 10. The zero-order valence-corrected chi connectivity index (χ0v) is 17.7. The molecule has 5 nitrogen and oxygen atoms in total. The lowest BCUT2D eigenvalue weighted by atomic mass is 10.1. The number of anilines is 1. The number of para-hydroxylation sites is 1. The van der Waals surface area contributed by atoms with Gasteiger partial charge in [-0.3, -0.25) is 9.59 Å². The van der Waals surface area contributed by atoms with Crippen LogP contribution in [-0.2, 0) is 11.3 Å². The highest BCUT2D eigenvalue weighted by molar-refractivity contribution is 7.80. The molecule has 0 fully saturated rings. The molecule has 29 heavy (non-hydrogen) atoms. The number of thiocarbonyl (C=S) groups is 1. The van der Waals surface area contributed by atoms with Crippen molar-refractivity contribution in [3.8, 4) is 0 Å². The minimum Gasteiger partial charge on any atom is -0.348 e. The fourth-order valence-corrected chi connectivity index (χ4v) is 3.12. The van der Waals surface area contributed by atoms with E-state index >= 15 is 0 Å². The third-order valence-electron chi connectivity index (χ3n) is 4.48. The SMILES string of the molecule is CCCCCCCC(=O)NC(=S)Nc1ccccc1C(=O)NCc1ccccc1. The van der Waals surface area contributed by atoms with E-state index in [4.69, 9.17) is 12.2 Å². The van der Waals surface area contributed by atoms with E-state index in [1.165, 1.54) is 12.8 Å². The molecule has 0 heterocycles. The van der Waals surface area contributed by atoms with Crippen LogP contribution in [0.3, 0.4) is 0 Å². The van der Waals surface area contributed by atoms with Crippen molar-refractivity contribution < 1.29 is 9.59 Å². The van der Waals surface area contributed by atoms with E-state index < -0.39 is 0 Å².